The average Bonchev–Trinajstić information content (AvgIpc) is 2.96. The van der Waals surface area contributed by atoms with Gasteiger partial charge in [0, 0.05) is 20.1 Å². The van der Waals surface area contributed by atoms with Crippen molar-refractivity contribution in [2.45, 2.75) is 38.3 Å². The number of hydrogen-bond donors (Lipinski definition) is 2. The fourth-order valence-corrected chi connectivity index (χ4v) is 2.09. The third-order valence-electron chi connectivity index (χ3n) is 3.14. The van der Waals surface area contributed by atoms with Crippen LogP contribution in [-0.4, -0.2) is 33.8 Å². The van der Waals surface area contributed by atoms with Gasteiger partial charge >= 0.3 is 0 Å². The lowest BCUT2D eigenvalue weighted by atomic mass is 10.2. The van der Waals surface area contributed by atoms with Crippen LogP contribution >= 0.6 is 24.0 Å². The number of hydrogen-bond acceptors (Lipinski definition) is 3. The zero-order valence-electron chi connectivity index (χ0n) is 10.9. The van der Waals surface area contributed by atoms with Crippen LogP contribution in [0.4, 0.5) is 0 Å². The van der Waals surface area contributed by atoms with Crippen molar-refractivity contribution in [3.8, 4) is 0 Å². The van der Waals surface area contributed by atoms with Crippen molar-refractivity contribution in [1.29, 1.82) is 0 Å². The first-order valence-corrected chi connectivity index (χ1v) is 6.09. The fourth-order valence-electron chi connectivity index (χ4n) is 2.09. The molecule has 102 valence electrons. The molecule has 0 saturated heterocycles. The molecule has 0 atom stereocenters. The number of rotatable bonds is 3. The zero-order chi connectivity index (χ0) is 12.1. The van der Waals surface area contributed by atoms with Crippen LogP contribution < -0.4 is 10.6 Å². The second kappa shape index (κ2) is 7.55. The van der Waals surface area contributed by atoms with Gasteiger partial charge in [-0.1, -0.05) is 12.8 Å². The van der Waals surface area contributed by atoms with Gasteiger partial charge in [-0.05, 0) is 12.8 Å². The van der Waals surface area contributed by atoms with Crippen LogP contribution in [0.3, 0.4) is 0 Å². The van der Waals surface area contributed by atoms with E-state index in [0.717, 1.165) is 11.8 Å². The summed E-state index contributed by atoms with van der Waals surface area (Å²) in [6, 6.07) is 0.570. The number of halogens is 1. The van der Waals surface area contributed by atoms with Gasteiger partial charge in [-0.2, -0.15) is 0 Å². The van der Waals surface area contributed by atoms with Gasteiger partial charge in [0.05, 0.1) is 6.54 Å². The minimum atomic E-state index is 0. The second-order valence-corrected chi connectivity index (χ2v) is 4.41. The largest absolute Gasteiger partial charge is 0.354 e. The highest BCUT2D eigenvalue weighted by Gasteiger charge is 2.15. The first-order valence-electron chi connectivity index (χ1n) is 6.09. The van der Waals surface area contributed by atoms with Crippen molar-refractivity contribution in [3.05, 3.63) is 12.2 Å². The molecule has 2 N–H and O–H groups in total. The zero-order valence-corrected chi connectivity index (χ0v) is 13.2. The number of nitrogens with one attached hydrogen (secondary N) is 2. The summed E-state index contributed by atoms with van der Waals surface area (Å²) in [5, 5.41) is 14.5. The number of aryl methyl sites for hydroxylation is 1. The Balaban J connectivity index is 0.00000162. The molecule has 0 radical (unpaired) electrons. The molecule has 7 heteroatoms. The van der Waals surface area contributed by atoms with Crippen molar-refractivity contribution >= 4 is 29.9 Å². The Bertz CT molecular complexity index is 383. The molecule has 6 nitrogen and oxygen atoms in total. The topological polar surface area (TPSA) is 67.1 Å². The molecule has 1 aromatic heterocycles. The summed E-state index contributed by atoms with van der Waals surface area (Å²) in [5.74, 6) is 1.75. The van der Waals surface area contributed by atoms with Crippen molar-refractivity contribution < 1.29 is 0 Å². The molecule has 2 rings (SSSR count). The Morgan fingerprint density at radius 2 is 2.22 bits per heavy atom. The molecular formula is C11H21IN6. The molecule has 0 aromatic carbocycles. The maximum Gasteiger partial charge on any atom is 0.191 e. The van der Waals surface area contributed by atoms with E-state index in [1.54, 1.807) is 13.4 Å². The number of aliphatic imine (C=N–C) groups is 1. The predicted molar refractivity (Wildman–Crippen MR) is 82.0 cm³/mol. The molecule has 1 fully saturated rings. The number of guanidine groups is 1. The van der Waals surface area contributed by atoms with Gasteiger partial charge in [0.25, 0.3) is 0 Å². The molecular weight excluding hydrogens is 343 g/mol. The molecule has 18 heavy (non-hydrogen) atoms. The number of aromatic nitrogens is 3. The predicted octanol–water partition coefficient (Wildman–Crippen LogP) is 1.04. The van der Waals surface area contributed by atoms with Crippen LogP contribution in [0.2, 0.25) is 0 Å². The van der Waals surface area contributed by atoms with Gasteiger partial charge in [0.2, 0.25) is 0 Å². The van der Waals surface area contributed by atoms with Crippen LogP contribution in [0.5, 0.6) is 0 Å². The molecule has 0 aliphatic heterocycles. The van der Waals surface area contributed by atoms with Gasteiger partial charge in [0.15, 0.2) is 11.8 Å². The summed E-state index contributed by atoms with van der Waals surface area (Å²) in [6.45, 7) is 0.642. The van der Waals surface area contributed by atoms with Crippen LogP contribution in [-0.2, 0) is 13.6 Å². The Morgan fingerprint density at radius 3 is 2.78 bits per heavy atom. The maximum atomic E-state index is 4.22. The smallest absolute Gasteiger partial charge is 0.191 e. The minimum absolute atomic E-state index is 0. The fraction of sp³-hybridized carbons (Fsp3) is 0.727. The van der Waals surface area contributed by atoms with E-state index in [0.29, 0.717) is 12.6 Å². The van der Waals surface area contributed by atoms with Gasteiger partial charge in [0.1, 0.15) is 6.33 Å². The monoisotopic (exact) mass is 364 g/mol. The van der Waals surface area contributed by atoms with Crippen LogP contribution in [0.25, 0.3) is 0 Å². The lowest BCUT2D eigenvalue weighted by molar-refractivity contribution is 0.609. The van der Waals surface area contributed by atoms with Gasteiger partial charge in [-0.3, -0.25) is 4.99 Å². The lowest BCUT2D eigenvalue weighted by Gasteiger charge is -2.16. The first kappa shape index (κ1) is 15.2. The van der Waals surface area contributed by atoms with Crippen molar-refractivity contribution in [1.82, 2.24) is 25.4 Å². The molecule has 1 aliphatic rings. The summed E-state index contributed by atoms with van der Waals surface area (Å²) < 4.78 is 1.90. The van der Waals surface area contributed by atoms with E-state index in [9.17, 15) is 0 Å². The first-order chi connectivity index (χ1) is 8.29. The third kappa shape index (κ3) is 4.11. The summed E-state index contributed by atoms with van der Waals surface area (Å²) >= 11 is 0. The minimum Gasteiger partial charge on any atom is -0.354 e. The quantitative estimate of drug-likeness (QED) is 0.478. The molecule has 1 saturated carbocycles. The second-order valence-electron chi connectivity index (χ2n) is 4.41. The maximum absolute atomic E-state index is 4.22. The lowest BCUT2D eigenvalue weighted by Crippen LogP contribution is -2.42. The Morgan fingerprint density at radius 1 is 1.50 bits per heavy atom. The van der Waals surface area contributed by atoms with E-state index in [-0.39, 0.29) is 24.0 Å². The molecule has 0 bridgehead atoms. The Labute approximate surface area is 125 Å². The van der Waals surface area contributed by atoms with Crippen LogP contribution in [0, 0.1) is 0 Å². The van der Waals surface area contributed by atoms with E-state index >= 15 is 0 Å². The Kier molecular flexibility index (Phi) is 6.37. The van der Waals surface area contributed by atoms with Gasteiger partial charge in [-0.25, -0.2) is 0 Å². The van der Waals surface area contributed by atoms with Crippen molar-refractivity contribution in [2.75, 3.05) is 7.05 Å². The van der Waals surface area contributed by atoms with E-state index in [1.807, 2.05) is 11.6 Å². The molecule has 0 spiro atoms. The van der Waals surface area contributed by atoms with Gasteiger partial charge in [-0.15, -0.1) is 34.2 Å². The number of nitrogens with zero attached hydrogens (tertiary/aromatic N) is 4. The van der Waals surface area contributed by atoms with Crippen molar-refractivity contribution in [3.63, 3.8) is 0 Å². The van der Waals surface area contributed by atoms with Crippen LogP contribution in [0.15, 0.2) is 11.3 Å². The van der Waals surface area contributed by atoms with Gasteiger partial charge < -0.3 is 15.2 Å². The Hall–Kier alpha value is -0.860. The summed E-state index contributed by atoms with van der Waals surface area (Å²) in [5.41, 5.74) is 0. The highest BCUT2D eigenvalue weighted by Crippen LogP contribution is 2.17. The normalized spacial score (nSPS) is 16.4. The highest BCUT2D eigenvalue weighted by atomic mass is 127. The summed E-state index contributed by atoms with van der Waals surface area (Å²) in [4.78, 5) is 4.22. The average molecular weight is 364 g/mol. The summed E-state index contributed by atoms with van der Waals surface area (Å²) in [7, 11) is 3.73. The molecule has 0 unspecified atom stereocenters. The highest BCUT2D eigenvalue weighted by molar-refractivity contribution is 14.0. The SMILES string of the molecule is CN=C(NCc1nncn1C)NC1CCCC1.I. The van der Waals surface area contributed by atoms with E-state index in [4.69, 9.17) is 0 Å². The van der Waals surface area contributed by atoms with E-state index < -0.39 is 0 Å². The standard InChI is InChI=1S/C11H20N6.HI/c1-12-11(15-9-5-3-4-6-9)13-7-10-16-14-8-17(10)2;/h8-9H,3-7H2,1-2H3,(H2,12,13,15);1H. The molecule has 0 amide bonds. The van der Waals surface area contributed by atoms with E-state index in [1.165, 1.54) is 25.7 Å². The molecule has 1 heterocycles. The summed E-state index contributed by atoms with van der Waals surface area (Å²) in [6.07, 6.45) is 6.81. The molecule has 1 aliphatic carbocycles. The van der Waals surface area contributed by atoms with Crippen molar-refractivity contribution in [2.24, 2.45) is 12.0 Å². The van der Waals surface area contributed by atoms with E-state index in [2.05, 4.69) is 25.8 Å². The molecule has 1 aromatic rings. The third-order valence-corrected chi connectivity index (χ3v) is 3.14. The van der Waals surface area contributed by atoms with Crippen LogP contribution in [0.1, 0.15) is 31.5 Å².